The molecule has 0 heterocycles. The molecule has 0 amide bonds. The summed E-state index contributed by atoms with van der Waals surface area (Å²) in [6.07, 6.45) is 3.12. The molecule has 0 radical (unpaired) electrons. The summed E-state index contributed by atoms with van der Waals surface area (Å²) in [6, 6.07) is 3.40. The summed E-state index contributed by atoms with van der Waals surface area (Å²) >= 11 is 0. The number of hydrogen-bond donors (Lipinski definition) is 2. The second-order valence-corrected chi connectivity index (χ2v) is 6.71. The van der Waals surface area contributed by atoms with Crippen LogP contribution in [0.3, 0.4) is 0 Å². The predicted molar refractivity (Wildman–Crippen MR) is 69.4 cm³/mol. The number of aliphatic hydroxyl groups is 1. The van der Waals surface area contributed by atoms with Crippen molar-refractivity contribution in [2.24, 2.45) is 5.92 Å². The normalized spacial score (nSPS) is 18.1. The first-order valence-electron chi connectivity index (χ1n) is 6.35. The maximum Gasteiger partial charge on any atom is 0.243 e. The Bertz CT molecular complexity index is 555. The standard InChI is InChI=1S/C13H18FNO3S/c1-9(11-3-2-4-11)15-19(17,18)13-7-10(8-16)5-6-12(13)14/h5-7,9,11,15-16H,2-4,8H2,1H3. The number of sulfonamides is 1. The molecule has 106 valence electrons. The van der Waals surface area contributed by atoms with Gasteiger partial charge in [0.2, 0.25) is 10.0 Å². The first kappa shape index (κ1) is 14.4. The number of nitrogens with one attached hydrogen (secondary N) is 1. The zero-order valence-electron chi connectivity index (χ0n) is 10.8. The van der Waals surface area contributed by atoms with Crippen LogP contribution in [-0.2, 0) is 16.6 Å². The molecule has 1 aliphatic rings. The van der Waals surface area contributed by atoms with Gasteiger partial charge < -0.3 is 5.11 Å². The topological polar surface area (TPSA) is 66.4 Å². The first-order chi connectivity index (χ1) is 8.94. The highest BCUT2D eigenvalue weighted by Gasteiger charge is 2.29. The number of aliphatic hydroxyl groups excluding tert-OH is 1. The highest BCUT2D eigenvalue weighted by molar-refractivity contribution is 7.89. The van der Waals surface area contributed by atoms with Crippen LogP contribution >= 0.6 is 0 Å². The van der Waals surface area contributed by atoms with Gasteiger partial charge in [-0.05, 0) is 43.4 Å². The lowest BCUT2D eigenvalue weighted by atomic mass is 9.81. The van der Waals surface area contributed by atoms with Crippen molar-refractivity contribution in [3.8, 4) is 0 Å². The molecule has 1 aliphatic carbocycles. The average Bonchev–Trinajstić information content (AvgIpc) is 2.26. The minimum Gasteiger partial charge on any atom is -0.392 e. The van der Waals surface area contributed by atoms with Gasteiger partial charge in [-0.15, -0.1) is 0 Å². The molecule has 1 fully saturated rings. The number of hydrogen-bond acceptors (Lipinski definition) is 3. The fourth-order valence-electron chi connectivity index (χ4n) is 2.20. The molecule has 1 aromatic carbocycles. The SMILES string of the molecule is CC(NS(=O)(=O)c1cc(CO)ccc1F)C1CCC1. The van der Waals surface area contributed by atoms with Crippen LogP contribution < -0.4 is 4.72 Å². The van der Waals surface area contributed by atoms with E-state index in [9.17, 15) is 12.8 Å². The van der Waals surface area contributed by atoms with Crippen molar-refractivity contribution in [2.75, 3.05) is 0 Å². The Balaban J connectivity index is 2.23. The molecule has 2 N–H and O–H groups in total. The van der Waals surface area contributed by atoms with Crippen molar-refractivity contribution in [2.45, 2.75) is 43.7 Å². The van der Waals surface area contributed by atoms with Crippen molar-refractivity contribution in [3.05, 3.63) is 29.6 Å². The minimum atomic E-state index is -3.88. The third kappa shape index (κ3) is 3.13. The molecule has 0 aromatic heterocycles. The summed E-state index contributed by atoms with van der Waals surface area (Å²) < 4.78 is 40.5. The molecule has 2 rings (SSSR count). The Labute approximate surface area is 112 Å². The zero-order chi connectivity index (χ0) is 14.0. The Morgan fingerprint density at radius 2 is 2.16 bits per heavy atom. The average molecular weight is 287 g/mol. The lowest BCUT2D eigenvalue weighted by molar-refractivity contribution is 0.260. The molecule has 1 unspecified atom stereocenters. The van der Waals surface area contributed by atoms with Crippen LogP contribution in [0.4, 0.5) is 4.39 Å². The number of rotatable bonds is 5. The van der Waals surface area contributed by atoms with Crippen molar-refractivity contribution in [3.63, 3.8) is 0 Å². The summed E-state index contributed by atoms with van der Waals surface area (Å²) in [5, 5.41) is 9.00. The van der Waals surface area contributed by atoms with Crippen LogP contribution in [0.5, 0.6) is 0 Å². The van der Waals surface area contributed by atoms with Crippen molar-refractivity contribution < 1.29 is 17.9 Å². The lowest BCUT2D eigenvalue weighted by Crippen LogP contribution is -2.40. The summed E-state index contributed by atoms with van der Waals surface area (Å²) in [4.78, 5) is -0.398. The van der Waals surface area contributed by atoms with Crippen LogP contribution in [0.2, 0.25) is 0 Å². The molecule has 0 aliphatic heterocycles. The van der Waals surface area contributed by atoms with Gasteiger partial charge in [0.1, 0.15) is 10.7 Å². The molecule has 1 atom stereocenters. The lowest BCUT2D eigenvalue weighted by Gasteiger charge is -2.31. The van der Waals surface area contributed by atoms with Gasteiger partial charge in [0, 0.05) is 6.04 Å². The van der Waals surface area contributed by atoms with Gasteiger partial charge in [0.15, 0.2) is 0 Å². The second kappa shape index (κ2) is 5.56. The van der Waals surface area contributed by atoms with E-state index in [1.54, 1.807) is 6.92 Å². The zero-order valence-corrected chi connectivity index (χ0v) is 11.6. The summed E-state index contributed by atoms with van der Waals surface area (Å²) in [5.74, 6) is -0.468. The largest absolute Gasteiger partial charge is 0.392 e. The third-order valence-electron chi connectivity index (χ3n) is 3.67. The van der Waals surface area contributed by atoms with Crippen LogP contribution in [0, 0.1) is 11.7 Å². The molecule has 0 bridgehead atoms. The van der Waals surface area contributed by atoms with Gasteiger partial charge in [-0.2, -0.15) is 0 Å². The van der Waals surface area contributed by atoms with Crippen LogP contribution in [-0.4, -0.2) is 19.6 Å². The van der Waals surface area contributed by atoms with Crippen LogP contribution in [0.1, 0.15) is 31.7 Å². The molecular formula is C13H18FNO3S. The minimum absolute atomic E-state index is 0.198. The van der Waals surface area contributed by atoms with Gasteiger partial charge in [0.05, 0.1) is 6.61 Å². The van der Waals surface area contributed by atoms with Crippen molar-refractivity contribution >= 4 is 10.0 Å². The fraction of sp³-hybridized carbons (Fsp3) is 0.538. The first-order valence-corrected chi connectivity index (χ1v) is 7.84. The van der Waals surface area contributed by atoms with E-state index >= 15 is 0 Å². The maximum atomic E-state index is 13.6. The molecule has 0 saturated heterocycles. The van der Waals surface area contributed by atoms with Crippen molar-refractivity contribution in [1.82, 2.24) is 4.72 Å². The Morgan fingerprint density at radius 1 is 1.47 bits per heavy atom. The van der Waals surface area contributed by atoms with E-state index in [-0.39, 0.29) is 12.6 Å². The predicted octanol–water partition coefficient (Wildman–Crippen LogP) is 1.78. The summed E-state index contributed by atoms with van der Waals surface area (Å²) in [7, 11) is -3.88. The van der Waals surface area contributed by atoms with Gasteiger partial charge in [0.25, 0.3) is 0 Å². The molecule has 1 aromatic rings. The summed E-state index contributed by atoms with van der Waals surface area (Å²) in [5.41, 5.74) is 0.373. The highest BCUT2D eigenvalue weighted by atomic mass is 32.2. The van der Waals surface area contributed by atoms with Gasteiger partial charge >= 0.3 is 0 Å². The van der Waals surface area contributed by atoms with Crippen molar-refractivity contribution in [1.29, 1.82) is 0 Å². The van der Waals surface area contributed by atoms with Gasteiger partial charge in [-0.3, -0.25) is 0 Å². The molecule has 6 heteroatoms. The van der Waals surface area contributed by atoms with Crippen LogP contribution in [0.25, 0.3) is 0 Å². The molecule has 4 nitrogen and oxygen atoms in total. The number of halogens is 1. The second-order valence-electron chi connectivity index (χ2n) is 5.02. The quantitative estimate of drug-likeness (QED) is 0.867. The van der Waals surface area contributed by atoms with Gasteiger partial charge in [-0.25, -0.2) is 17.5 Å². The Morgan fingerprint density at radius 3 is 2.68 bits per heavy atom. The van der Waals surface area contributed by atoms with Crippen LogP contribution in [0.15, 0.2) is 23.1 Å². The third-order valence-corrected chi connectivity index (χ3v) is 5.24. The number of benzene rings is 1. The Kier molecular flexibility index (Phi) is 4.23. The van der Waals surface area contributed by atoms with E-state index in [1.807, 2.05) is 0 Å². The van der Waals surface area contributed by atoms with E-state index in [0.717, 1.165) is 25.3 Å². The molecule has 0 spiro atoms. The monoisotopic (exact) mass is 287 g/mol. The maximum absolute atomic E-state index is 13.6. The molecule has 1 saturated carbocycles. The van der Waals surface area contributed by atoms with E-state index in [2.05, 4.69) is 4.72 Å². The summed E-state index contributed by atoms with van der Waals surface area (Å²) in [6.45, 7) is 1.48. The van der Waals surface area contributed by atoms with E-state index in [4.69, 9.17) is 5.11 Å². The van der Waals surface area contributed by atoms with E-state index in [1.165, 1.54) is 12.1 Å². The highest BCUT2D eigenvalue weighted by Crippen LogP contribution is 2.30. The van der Waals surface area contributed by atoms with E-state index in [0.29, 0.717) is 11.5 Å². The van der Waals surface area contributed by atoms with E-state index < -0.39 is 20.7 Å². The Hall–Kier alpha value is -0.980. The fourth-order valence-corrected chi connectivity index (χ4v) is 3.64. The molecule has 19 heavy (non-hydrogen) atoms. The van der Waals surface area contributed by atoms with Gasteiger partial charge in [-0.1, -0.05) is 12.5 Å². The molecular weight excluding hydrogens is 269 g/mol. The smallest absolute Gasteiger partial charge is 0.243 e.